The quantitative estimate of drug-likeness (QED) is 0.809. The maximum atomic E-state index is 5.68. The van der Waals surface area contributed by atoms with E-state index in [1.807, 2.05) is 6.07 Å². The lowest BCUT2D eigenvalue weighted by Crippen LogP contribution is -2.40. The van der Waals surface area contributed by atoms with E-state index in [1.54, 1.807) is 0 Å². The normalized spacial score (nSPS) is 27.2. The lowest BCUT2D eigenvalue weighted by atomic mass is 10.1. The highest BCUT2D eigenvalue weighted by Crippen LogP contribution is 2.23. The summed E-state index contributed by atoms with van der Waals surface area (Å²) in [6, 6.07) is 2.42. The van der Waals surface area contributed by atoms with Gasteiger partial charge in [-0.2, -0.15) is 0 Å². The van der Waals surface area contributed by atoms with Gasteiger partial charge in [0.15, 0.2) is 0 Å². The SMILES string of the molecule is CC1COC(c2cc(C(C)C)on2)CN1. The molecule has 2 unspecified atom stereocenters. The van der Waals surface area contributed by atoms with Crippen molar-refractivity contribution in [1.29, 1.82) is 0 Å². The average Bonchev–Trinajstić information content (AvgIpc) is 2.68. The maximum absolute atomic E-state index is 5.68. The zero-order valence-corrected chi connectivity index (χ0v) is 9.49. The van der Waals surface area contributed by atoms with Crippen molar-refractivity contribution in [3.05, 3.63) is 17.5 Å². The van der Waals surface area contributed by atoms with Gasteiger partial charge in [0.1, 0.15) is 17.6 Å². The molecule has 0 amide bonds. The number of morpholine rings is 1. The van der Waals surface area contributed by atoms with Crippen LogP contribution in [0, 0.1) is 0 Å². The summed E-state index contributed by atoms with van der Waals surface area (Å²) < 4.78 is 10.9. The molecule has 1 aromatic rings. The molecule has 1 aliphatic heterocycles. The van der Waals surface area contributed by atoms with Gasteiger partial charge in [0.25, 0.3) is 0 Å². The second kappa shape index (κ2) is 4.33. The third-order valence-electron chi connectivity index (χ3n) is 2.64. The summed E-state index contributed by atoms with van der Waals surface area (Å²) in [4.78, 5) is 0. The van der Waals surface area contributed by atoms with Gasteiger partial charge in [-0.1, -0.05) is 19.0 Å². The summed E-state index contributed by atoms with van der Waals surface area (Å²) in [5.41, 5.74) is 0.901. The van der Waals surface area contributed by atoms with Gasteiger partial charge < -0.3 is 14.6 Å². The van der Waals surface area contributed by atoms with Crippen LogP contribution in [0.4, 0.5) is 0 Å². The van der Waals surface area contributed by atoms with Crippen molar-refractivity contribution < 1.29 is 9.26 Å². The van der Waals surface area contributed by atoms with Gasteiger partial charge in [-0.3, -0.25) is 0 Å². The Bertz CT molecular complexity index is 314. The molecule has 0 aromatic carbocycles. The molecule has 0 bridgehead atoms. The maximum Gasteiger partial charge on any atom is 0.139 e. The Morgan fingerprint density at radius 1 is 1.53 bits per heavy atom. The van der Waals surface area contributed by atoms with Crippen LogP contribution in [-0.2, 0) is 4.74 Å². The molecule has 15 heavy (non-hydrogen) atoms. The number of ether oxygens (including phenoxy) is 1. The Morgan fingerprint density at radius 2 is 2.33 bits per heavy atom. The van der Waals surface area contributed by atoms with Gasteiger partial charge in [0.05, 0.1) is 6.61 Å². The van der Waals surface area contributed by atoms with Crippen LogP contribution in [0.15, 0.2) is 10.6 Å². The summed E-state index contributed by atoms with van der Waals surface area (Å²) in [6.07, 6.45) is 0.0393. The first-order valence-electron chi connectivity index (χ1n) is 5.48. The molecule has 1 fully saturated rings. The van der Waals surface area contributed by atoms with Crippen molar-refractivity contribution in [1.82, 2.24) is 10.5 Å². The molecular formula is C11H18N2O2. The molecule has 2 atom stereocenters. The van der Waals surface area contributed by atoms with E-state index in [0.29, 0.717) is 12.0 Å². The molecule has 4 heteroatoms. The lowest BCUT2D eigenvalue weighted by Gasteiger charge is -2.26. The van der Waals surface area contributed by atoms with Crippen LogP contribution in [0.1, 0.15) is 44.2 Å². The topological polar surface area (TPSA) is 47.3 Å². The smallest absolute Gasteiger partial charge is 0.139 e. The first kappa shape index (κ1) is 10.6. The van der Waals surface area contributed by atoms with Crippen molar-refractivity contribution in [2.75, 3.05) is 13.2 Å². The van der Waals surface area contributed by atoms with Gasteiger partial charge in [-0.25, -0.2) is 0 Å². The van der Waals surface area contributed by atoms with Crippen molar-refractivity contribution in [2.24, 2.45) is 0 Å². The van der Waals surface area contributed by atoms with Gasteiger partial charge in [0.2, 0.25) is 0 Å². The van der Waals surface area contributed by atoms with E-state index in [-0.39, 0.29) is 6.10 Å². The number of hydrogen-bond donors (Lipinski definition) is 1. The molecule has 0 aliphatic carbocycles. The minimum atomic E-state index is 0.0393. The summed E-state index contributed by atoms with van der Waals surface area (Å²) in [5.74, 6) is 1.30. The molecule has 2 rings (SSSR count). The predicted molar refractivity (Wildman–Crippen MR) is 56.7 cm³/mol. The molecule has 4 nitrogen and oxygen atoms in total. The summed E-state index contributed by atoms with van der Waals surface area (Å²) in [7, 11) is 0. The number of hydrogen-bond acceptors (Lipinski definition) is 4. The molecule has 1 saturated heterocycles. The number of nitrogens with one attached hydrogen (secondary N) is 1. The third-order valence-corrected chi connectivity index (χ3v) is 2.64. The van der Waals surface area contributed by atoms with Crippen LogP contribution in [0.3, 0.4) is 0 Å². The fraction of sp³-hybridized carbons (Fsp3) is 0.727. The highest BCUT2D eigenvalue weighted by atomic mass is 16.5. The molecule has 0 radical (unpaired) electrons. The summed E-state index contributed by atoms with van der Waals surface area (Å²) in [6.45, 7) is 7.83. The van der Waals surface area contributed by atoms with Crippen LogP contribution in [-0.4, -0.2) is 24.4 Å². The average molecular weight is 210 g/mol. The van der Waals surface area contributed by atoms with E-state index in [1.165, 1.54) is 0 Å². The molecular weight excluding hydrogens is 192 g/mol. The highest BCUT2D eigenvalue weighted by molar-refractivity contribution is 5.12. The van der Waals surface area contributed by atoms with Gasteiger partial charge in [0, 0.05) is 24.6 Å². The molecule has 1 N–H and O–H groups in total. The molecule has 0 spiro atoms. The fourth-order valence-electron chi connectivity index (χ4n) is 1.60. The minimum absolute atomic E-state index is 0.0393. The number of rotatable bonds is 2. The van der Waals surface area contributed by atoms with Crippen molar-refractivity contribution in [3.63, 3.8) is 0 Å². The largest absolute Gasteiger partial charge is 0.369 e. The van der Waals surface area contributed by atoms with Gasteiger partial charge >= 0.3 is 0 Å². The van der Waals surface area contributed by atoms with Crippen molar-refractivity contribution >= 4 is 0 Å². The number of aromatic nitrogens is 1. The first-order chi connectivity index (χ1) is 7.16. The zero-order valence-electron chi connectivity index (χ0n) is 9.49. The van der Waals surface area contributed by atoms with E-state index in [2.05, 4.69) is 31.2 Å². The Labute approximate surface area is 90.0 Å². The van der Waals surface area contributed by atoms with Crippen LogP contribution in [0.25, 0.3) is 0 Å². The van der Waals surface area contributed by atoms with Crippen molar-refractivity contribution in [3.8, 4) is 0 Å². The molecule has 1 aliphatic rings. The van der Waals surface area contributed by atoms with Gasteiger partial charge in [-0.15, -0.1) is 0 Å². The Kier molecular flexibility index (Phi) is 3.07. The van der Waals surface area contributed by atoms with E-state index >= 15 is 0 Å². The second-order valence-electron chi connectivity index (χ2n) is 4.44. The Hall–Kier alpha value is -0.870. The van der Waals surface area contributed by atoms with Crippen LogP contribution >= 0.6 is 0 Å². The molecule has 0 saturated carbocycles. The van der Waals surface area contributed by atoms with Crippen LogP contribution in [0.2, 0.25) is 0 Å². The second-order valence-corrected chi connectivity index (χ2v) is 4.44. The standard InChI is InChI=1S/C11H18N2O2/c1-7(2)10-4-9(13-15-10)11-5-12-8(3)6-14-11/h4,7-8,11-12H,5-6H2,1-3H3. The first-order valence-corrected chi connectivity index (χ1v) is 5.48. The summed E-state index contributed by atoms with van der Waals surface area (Å²) in [5, 5.41) is 7.41. The van der Waals surface area contributed by atoms with Crippen LogP contribution < -0.4 is 5.32 Å². The summed E-state index contributed by atoms with van der Waals surface area (Å²) >= 11 is 0. The number of nitrogens with zero attached hydrogens (tertiary/aromatic N) is 1. The van der Waals surface area contributed by atoms with E-state index in [0.717, 1.165) is 24.6 Å². The van der Waals surface area contributed by atoms with Gasteiger partial charge in [-0.05, 0) is 6.92 Å². The molecule has 1 aromatic heterocycles. The van der Waals surface area contributed by atoms with E-state index in [4.69, 9.17) is 9.26 Å². The predicted octanol–water partition coefficient (Wildman–Crippen LogP) is 1.85. The van der Waals surface area contributed by atoms with Crippen LogP contribution in [0.5, 0.6) is 0 Å². The Morgan fingerprint density at radius 3 is 2.87 bits per heavy atom. The lowest BCUT2D eigenvalue weighted by molar-refractivity contribution is 0.00293. The molecule has 84 valence electrons. The van der Waals surface area contributed by atoms with E-state index < -0.39 is 0 Å². The highest BCUT2D eigenvalue weighted by Gasteiger charge is 2.23. The van der Waals surface area contributed by atoms with Crippen molar-refractivity contribution in [2.45, 2.75) is 38.8 Å². The Balaban J connectivity index is 2.03. The fourth-order valence-corrected chi connectivity index (χ4v) is 1.60. The minimum Gasteiger partial charge on any atom is -0.369 e. The zero-order chi connectivity index (χ0) is 10.8. The molecule has 2 heterocycles. The third kappa shape index (κ3) is 2.38. The van der Waals surface area contributed by atoms with E-state index in [9.17, 15) is 0 Å². The monoisotopic (exact) mass is 210 g/mol.